The Balaban J connectivity index is 2.01. The summed E-state index contributed by atoms with van der Waals surface area (Å²) in [5.41, 5.74) is 1.15. The Morgan fingerprint density at radius 2 is 2.08 bits per heavy atom. The Morgan fingerprint density at radius 1 is 1.33 bits per heavy atom. The Kier molecular flexibility index (Phi) is 6.16. The van der Waals surface area contributed by atoms with Crippen molar-refractivity contribution in [2.75, 3.05) is 10.6 Å². The number of halogens is 1. The fraction of sp³-hybridized carbons (Fsp3) is 0.312. The minimum Gasteiger partial charge on any atom is -0.349 e. The van der Waals surface area contributed by atoms with E-state index in [1.54, 1.807) is 31.2 Å². The van der Waals surface area contributed by atoms with Crippen LogP contribution in [0, 0.1) is 6.92 Å². The van der Waals surface area contributed by atoms with Gasteiger partial charge in [-0.05, 0) is 38.5 Å². The molecule has 24 heavy (non-hydrogen) atoms. The van der Waals surface area contributed by atoms with E-state index in [1.807, 2.05) is 13.8 Å². The highest BCUT2D eigenvalue weighted by Crippen LogP contribution is 2.23. The predicted octanol–water partition coefficient (Wildman–Crippen LogP) is 4.28. The molecule has 3 N–H and O–H groups in total. The van der Waals surface area contributed by atoms with Crippen molar-refractivity contribution < 1.29 is 9.59 Å². The molecule has 0 fully saturated rings. The molecule has 1 aromatic carbocycles. The second-order valence-electron chi connectivity index (χ2n) is 5.31. The van der Waals surface area contributed by atoms with Crippen molar-refractivity contribution >= 4 is 45.7 Å². The minimum absolute atomic E-state index is 0.0848. The molecular weight excluding hydrogens is 348 g/mol. The first-order valence-corrected chi connectivity index (χ1v) is 8.70. The molecule has 0 aliphatic heterocycles. The van der Waals surface area contributed by atoms with Crippen LogP contribution >= 0.6 is 22.9 Å². The summed E-state index contributed by atoms with van der Waals surface area (Å²) >= 11 is 7.02. The number of nitrogens with one attached hydrogen (secondary N) is 3. The number of carbonyl (C=O) groups is 2. The number of amides is 3. The number of nitrogens with zero attached hydrogens (tertiary/aromatic N) is 1. The van der Waals surface area contributed by atoms with Gasteiger partial charge in [-0.15, -0.1) is 0 Å². The van der Waals surface area contributed by atoms with Gasteiger partial charge in [-0.1, -0.05) is 35.9 Å². The predicted molar refractivity (Wildman–Crippen MR) is 98.2 cm³/mol. The van der Waals surface area contributed by atoms with Crippen molar-refractivity contribution in [3.8, 4) is 0 Å². The molecular formula is C16H19ClN4O2S. The molecule has 1 heterocycles. The van der Waals surface area contributed by atoms with Gasteiger partial charge in [0.1, 0.15) is 4.88 Å². The molecule has 1 atom stereocenters. The van der Waals surface area contributed by atoms with Crippen LogP contribution in [0.2, 0.25) is 5.02 Å². The fourth-order valence-electron chi connectivity index (χ4n) is 1.88. The average Bonchev–Trinajstić information content (AvgIpc) is 2.87. The van der Waals surface area contributed by atoms with Crippen molar-refractivity contribution in [1.82, 2.24) is 10.3 Å². The quantitative estimate of drug-likeness (QED) is 0.738. The molecule has 0 aliphatic carbocycles. The molecule has 2 aromatic rings. The van der Waals surface area contributed by atoms with Crippen LogP contribution in [-0.2, 0) is 0 Å². The van der Waals surface area contributed by atoms with E-state index in [4.69, 9.17) is 11.6 Å². The molecule has 1 aromatic heterocycles. The number of hydrogen-bond acceptors (Lipinski definition) is 4. The van der Waals surface area contributed by atoms with Crippen molar-refractivity contribution in [3.05, 3.63) is 39.9 Å². The largest absolute Gasteiger partial charge is 0.349 e. The van der Waals surface area contributed by atoms with Crippen molar-refractivity contribution in [3.63, 3.8) is 0 Å². The molecule has 0 spiro atoms. The second kappa shape index (κ2) is 8.12. The maximum absolute atomic E-state index is 12.2. The number of aryl methyl sites for hydroxylation is 1. The third-order valence-electron chi connectivity index (χ3n) is 3.30. The molecule has 2 rings (SSSR count). The zero-order valence-electron chi connectivity index (χ0n) is 13.6. The lowest BCUT2D eigenvalue weighted by molar-refractivity contribution is 0.0942. The number of rotatable bonds is 5. The molecule has 3 amide bonds. The SMILES string of the molecule is CCC(C)NC(=O)c1sc(NC(=O)Nc2cccc(Cl)c2)nc1C. The Bertz CT molecular complexity index is 747. The average molecular weight is 367 g/mol. The van der Waals surface area contributed by atoms with Crippen molar-refractivity contribution in [1.29, 1.82) is 0 Å². The maximum atomic E-state index is 12.2. The van der Waals surface area contributed by atoms with E-state index in [1.165, 1.54) is 0 Å². The number of aromatic nitrogens is 1. The monoisotopic (exact) mass is 366 g/mol. The number of carbonyl (C=O) groups excluding carboxylic acids is 2. The van der Waals surface area contributed by atoms with Gasteiger partial charge in [-0.3, -0.25) is 10.1 Å². The lowest BCUT2D eigenvalue weighted by atomic mass is 10.2. The lowest BCUT2D eigenvalue weighted by Crippen LogP contribution is -2.31. The van der Waals surface area contributed by atoms with E-state index in [-0.39, 0.29) is 11.9 Å². The Labute approximate surface area is 149 Å². The zero-order valence-corrected chi connectivity index (χ0v) is 15.2. The van der Waals surface area contributed by atoms with E-state index in [2.05, 4.69) is 20.9 Å². The van der Waals surface area contributed by atoms with Gasteiger partial charge in [0.05, 0.1) is 5.69 Å². The minimum atomic E-state index is -0.445. The highest BCUT2D eigenvalue weighted by molar-refractivity contribution is 7.17. The normalized spacial score (nSPS) is 11.7. The van der Waals surface area contributed by atoms with Gasteiger partial charge >= 0.3 is 6.03 Å². The Morgan fingerprint density at radius 3 is 2.75 bits per heavy atom. The van der Waals surface area contributed by atoms with E-state index in [0.29, 0.717) is 26.4 Å². The van der Waals surface area contributed by atoms with Crippen molar-refractivity contribution in [2.45, 2.75) is 33.2 Å². The fourth-order valence-corrected chi connectivity index (χ4v) is 2.93. The van der Waals surface area contributed by atoms with Crippen LogP contribution in [-0.4, -0.2) is 23.0 Å². The van der Waals surface area contributed by atoms with E-state index >= 15 is 0 Å². The van der Waals surface area contributed by atoms with Gasteiger partial charge in [0.15, 0.2) is 5.13 Å². The van der Waals surface area contributed by atoms with Gasteiger partial charge < -0.3 is 10.6 Å². The first kappa shape index (κ1) is 18.2. The summed E-state index contributed by atoms with van der Waals surface area (Å²) in [5, 5.41) is 9.07. The highest BCUT2D eigenvalue weighted by atomic mass is 35.5. The zero-order chi connectivity index (χ0) is 17.7. The van der Waals surface area contributed by atoms with Crippen LogP contribution < -0.4 is 16.0 Å². The van der Waals surface area contributed by atoms with Crippen LogP contribution in [0.3, 0.4) is 0 Å². The molecule has 128 valence electrons. The molecule has 0 aliphatic rings. The molecule has 0 bridgehead atoms. The summed E-state index contributed by atoms with van der Waals surface area (Å²) in [5.74, 6) is -0.178. The number of anilines is 2. The maximum Gasteiger partial charge on any atom is 0.325 e. The van der Waals surface area contributed by atoms with Gasteiger partial charge in [-0.2, -0.15) is 0 Å². The molecule has 0 radical (unpaired) electrons. The number of urea groups is 1. The van der Waals surface area contributed by atoms with Crippen LogP contribution in [0.25, 0.3) is 0 Å². The summed E-state index contributed by atoms with van der Waals surface area (Å²) in [4.78, 5) is 28.9. The third kappa shape index (κ3) is 4.94. The molecule has 1 unspecified atom stereocenters. The summed E-state index contributed by atoms with van der Waals surface area (Å²) in [6.45, 7) is 5.67. The standard InChI is InChI=1S/C16H19ClN4O2S/c1-4-9(2)18-14(22)13-10(3)19-16(24-13)21-15(23)20-12-7-5-6-11(17)8-12/h5-9H,4H2,1-3H3,(H,18,22)(H2,19,20,21,23). The lowest BCUT2D eigenvalue weighted by Gasteiger charge is -2.10. The van der Waals surface area contributed by atoms with Gasteiger partial charge in [0.2, 0.25) is 0 Å². The third-order valence-corrected chi connectivity index (χ3v) is 4.60. The Hall–Kier alpha value is -2.12. The van der Waals surface area contributed by atoms with Gasteiger partial charge in [0.25, 0.3) is 5.91 Å². The first-order valence-electron chi connectivity index (χ1n) is 7.51. The molecule has 0 saturated heterocycles. The van der Waals surface area contributed by atoms with Crippen LogP contribution in [0.4, 0.5) is 15.6 Å². The summed E-state index contributed by atoms with van der Waals surface area (Å²) in [7, 11) is 0. The first-order chi connectivity index (χ1) is 11.4. The smallest absolute Gasteiger partial charge is 0.325 e. The number of thiazole rings is 1. The molecule has 8 heteroatoms. The van der Waals surface area contributed by atoms with Crippen molar-refractivity contribution in [2.24, 2.45) is 0 Å². The van der Waals surface area contributed by atoms with Gasteiger partial charge in [-0.25, -0.2) is 9.78 Å². The molecule has 0 saturated carbocycles. The number of benzene rings is 1. The highest BCUT2D eigenvalue weighted by Gasteiger charge is 2.17. The van der Waals surface area contributed by atoms with Crippen LogP contribution in [0.15, 0.2) is 24.3 Å². The topological polar surface area (TPSA) is 83.1 Å². The van der Waals surface area contributed by atoms with E-state index < -0.39 is 6.03 Å². The molecule has 6 nitrogen and oxygen atoms in total. The summed E-state index contributed by atoms with van der Waals surface area (Å²) < 4.78 is 0. The van der Waals surface area contributed by atoms with Gasteiger partial charge in [0, 0.05) is 16.8 Å². The number of hydrogen-bond donors (Lipinski definition) is 3. The van der Waals surface area contributed by atoms with Crippen LogP contribution in [0.1, 0.15) is 35.6 Å². The van der Waals surface area contributed by atoms with E-state index in [9.17, 15) is 9.59 Å². The van der Waals surface area contributed by atoms with Crippen LogP contribution in [0.5, 0.6) is 0 Å². The second-order valence-corrected chi connectivity index (χ2v) is 6.74. The summed E-state index contributed by atoms with van der Waals surface area (Å²) in [6, 6.07) is 6.46. The summed E-state index contributed by atoms with van der Waals surface area (Å²) in [6.07, 6.45) is 0.844. The van der Waals surface area contributed by atoms with E-state index in [0.717, 1.165) is 17.8 Å².